The summed E-state index contributed by atoms with van der Waals surface area (Å²) in [6, 6.07) is 11.1. The van der Waals surface area contributed by atoms with Crippen LogP contribution < -0.4 is 4.90 Å². The third kappa shape index (κ3) is 7.02. The Labute approximate surface area is 254 Å². The number of halogens is 6. The molecule has 6 rings (SSSR count). The molecule has 238 valence electrons. The second-order valence-corrected chi connectivity index (χ2v) is 11.5. The molecule has 15 heteroatoms. The molecule has 45 heavy (non-hydrogen) atoms. The zero-order chi connectivity index (χ0) is 31.9. The summed E-state index contributed by atoms with van der Waals surface area (Å²) in [6.45, 7) is 3.18. The molecule has 1 atom stereocenters. The average Bonchev–Trinajstić information content (AvgIpc) is 3.36. The maximum atomic E-state index is 12.9. The molecular formula is C30H30F6N8O. The van der Waals surface area contributed by atoms with Crippen molar-refractivity contribution in [1.82, 2.24) is 34.7 Å². The van der Waals surface area contributed by atoms with Crippen molar-refractivity contribution in [3.63, 3.8) is 0 Å². The smallest absolute Gasteiger partial charge is 0.355 e. The molecule has 2 fully saturated rings. The molecule has 1 unspecified atom stereocenters. The number of carbonyl (C=O) groups excluding carboxylic acids is 1. The number of hydrogen-bond donors (Lipinski definition) is 1. The van der Waals surface area contributed by atoms with Gasteiger partial charge in [-0.15, -0.1) is 0 Å². The number of rotatable bonds is 7. The quantitative estimate of drug-likeness (QED) is 0.282. The molecule has 2 saturated heterocycles. The van der Waals surface area contributed by atoms with Gasteiger partial charge in [0.15, 0.2) is 0 Å². The van der Waals surface area contributed by atoms with Crippen LogP contribution in [0.25, 0.3) is 22.3 Å². The van der Waals surface area contributed by atoms with Crippen LogP contribution in [-0.4, -0.2) is 92.2 Å². The largest absolute Gasteiger partial charge is 0.397 e. The lowest BCUT2D eigenvalue weighted by atomic mass is 9.99. The minimum absolute atomic E-state index is 0.0294. The predicted molar refractivity (Wildman–Crippen MR) is 153 cm³/mol. The van der Waals surface area contributed by atoms with E-state index in [0.29, 0.717) is 36.8 Å². The van der Waals surface area contributed by atoms with Crippen LogP contribution in [0.1, 0.15) is 36.5 Å². The molecule has 0 bridgehead atoms. The third-order valence-corrected chi connectivity index (χ3v) is 8.39. The minimum atomic E-state index is -4.51. The zero-order valence-electron chi connectivity index (χ0n) is 24.2. The maximum Gasteiger partial charge on any atom is 0.397 e. The van der Waals surface area contributed by atoms with E-state index in [1.54, 1.807) is 17.2 Å². The number of carbonyl (C=O) groups is 1. The van der Waals surface area contributed by atoms with Gasteiger partial charge in [-0.3, -0.25) is 14.7 Å². The standard InChI is InChI=1S/C30H30F6N8O/c1-18(42-6-8-43(9-7-42)28(45)14-29(31,32)33)19-4-5-37-22(10-19)12-26-40-23-3-2-20(11-25(23)41-26)24-13-27(39-17-38-24)44-15-21(16-44)30(34,35)36/h2-5,10-11,13,17-18,21H,6-9,12,14-16H2,1H3,(H,40,41). The van der Waals surface area contributed by atoms with Gasteiger partial charge in [-0.2, -0.15) is 26.3 Å². The van der Waals surface area contributed by atoms with E-state index in [0.717, 1.165) is 27.9 Å². The van der Waals surface area contributed by atoms with Crippen LogP contribution in [0.5, 0.6) is 0 Å². The molecule has 9 nitrogen and oxygen atoms in total. The molecule has 1 aromatic carbocycles. The maximum absolute atomic E-state index is 12.9. The third-order valence-electron chi connectivity index (χ3n) is 8.39. The van der Waals surface area contributed by atoms with E-state index in [4.69, 9.17) is 0 Å². The average molecular weight is 633 g/mol. The lowest BCUT2D eigenvalue weighted by Gasteiger charge is -2.40. The van der Waals surface area contributed by atoms with Crippen molar-refractivity contribution in [3.8, 4) is 11.3 Å². The number of nitrogens with zero attached hydrogens (tertiary/aromatic N) is 7. The summed E-state index contributed by atoms with van der Waals surface area (Å²) < 4.78 is 76.6. The fraction of sp³-hybridized carbons (Fsp3) is 0.433. The van der Waals surface area contributed by atoms with Gasteiger partial charge in [-0.1, -0.05) is 6.07 Å². The summed E-state index contributed by atoms with van der Waals surface area (Å²) in [7, 11) is 0. The molecular weight excluding hydrogens is 602 g/mol. The number of nitrogens with one attached hydrogen (secondary N) is 1. The molecule has 5 heterocycles. The first-order valence-corrected chi connectivity index (χ1v) is 14.5. The number of aromatic amines is 1. The Balaban J connectivity index is 1.10. The number of aromatic nitrogens is 5. The van der Waals surface area contributed by atoms with Crippen LogP contribution in [0.3, 0.4) is 0 Å². The van der Waals surface area contributed by atoms with Crippen LogP contribution in [-0.2, 0) is 11.2 Å². The van der Waals surface area contributed by atoms with Crippen LogP contribution in [0, 0.1) is 5.92 Å². The van der Waals surface area contributed by atoms with Gasteiger partial charge < -0.3 is 14.8 Å². The number of anilines is 1. The monoisotopic (exact) mass is 632 g/mol. The van der Waals surface area contributed by atoms with Crippen LogP contribution in [0.4, 0.5) is 32.2 Å². The highest BCUT2D eigenvalue weighted by atomic mass is 19.4. The number of alkyl halides is 6. The van der Waals surface area contributed by atoms with Gasteiger partial charge in [0.25, 0.3) is 0 Å². The van der Waals surface area contributed by atoms with Crippen molar-refractivity contribution >= 4 is 22.8 Å². The van der Waals surface area contributed by atoms with Crippen LogP contribution in [0.15, 0.2) is 48.9 Å². The van der Waals surface area contributed by atoms with Crippen molar-refractivity contribution in [1.29, 1.82) is 0 Å². The Hall–Kier alpha value is -4.27. The van der Waals surface area contributed by atoms with Crippen molar-refractivity contribution in [2.75, 3.05) is 44.2 Å². The number of amides is 1. The molecule has 2 aliphatic heterocycles. The number of pyridine rings is 1. The summed E-state index contributed by atoms with van der Waals surface area (Å²) in [5, 5.41) is 0. The van der Waals surface area contributed by atoms with Gasteiger partial charge in [0.1, 0.15) is 24.4 Å². The fourth-order valence-electron chi connectivity index (χ4n) is 5.73. The fourth-order valence-corrected chi connectivity index (χ4v) is 5.73. The SMILES string of the molecule is CC(c1ccnc(Cc2nc3ccc(-c4cc(N5CC(C(F)(F)F)C5)ncn4)cc3[nH]2)c1)N1CCN(C(=O)CC(F)(F)F)CC1. The first kappa shape index (κ1) is 30.7. The predicted octanol–water partition coefficient (Wildman–Crippen LogP) is 5.16. The lowest BCUT2D eigenvalue weighted by molar-refractivity contribution is -0.180. The highest BCUT2D eigenvalue weighted by Crippen LogP contribution is 2.36. The van der Waals surface area contributed by atoms with Crippen LogP contribution in [0.2, 0.25) is 0 Å². The van der Waals surface area contributed by atoms with Crippen LogP contribution >= 0.6 is 0 Å². The van der Waals surface area contributed by atoms with E-state index in [9.17, 15) is 31.1 Å². The Morgan fingerprint density at radius 1 is 0.978 bits per heavy atom. The topological polar surface area (TPSA) is 94.1 Å². The summed E-state index contributed by atoms with van der Waals surface area (Å²) >= 11 is 0. The van der Waals surface area contributed by atoms with Crippen molar-refractivity contribution < 1.29 is 31.1 Å². The second kappa shape index (κ2) is 11.9. The number of piperazine rings is 1. The number of hydrogen-bond acceptors (Lipinski definition) is 7. The second-order valence-electron chi connectivity index (χ2n) is 11.5. The highest BCUT2D eigenvalue weighted by molar-refractivity contribution is 5.81. The number of H-pyrrole nitrogens is 1. The highest BCUT2D eigenvalue weighted by Gasteiger charge is 2.47. The molecule has 3 aromatic heterocycles. The van der Waals surface area contributed by atoms with E-state index >= 15 is 0 Å². The first-order valence-electron chi connectivity index (χ1n) is 14.5. The molecule has 0 spiro atoms. The number of imidazole rings is 1. The summed E-state index contributed by atoms with van der Waals surface area (Å²) in [4.78, 5) is 37.9. The van der Waals surface area contributed by atoms with E-state index < -0.39 is 30.6 Å². The summed E-state index contributed by atoms with van der Waals surface area (Å²) in [5.74, 6) is -1.10. The summed E-state index contributed by atoms with van der Waals surface area (Å²) in [6.07, 6.45) is -6.67. The molecule has 4 aromatic rings. The molecule has 1 amide bonds. The lowest BCUT2D eigenvalue weighted by Crippen LogP contribution is -2.53. The van der Waals surface area contributed by atoms with Crippen molar-refractivity contribution in [2.24, 2.45) is 5.92 Å². The Bertz CT molecular complexity index is 1670. The Morgan fingerprint density at radius 3 is 2.44 bits per heavy atom. The van der Waals surface area contributed by atoms with Gasteiger partial charge in [0.05, 0.1) is 22.6 Å². The van der Waals surface area contributed by atoms with Crippen molar-refractivity contribution in [2.45, 2.75) is 38.2 Å². The van der Waals surface area contributed by atoms with Gasteiger partial charge in [-0.25, -0.2) is 15.0 Å². The Kier molecular flexibility index (Phi) is 8.14. The molecule has 0 saturated carbocycles. The van der Waals surface area contributed by atoms with Crippen molar-refractivity contribution in [3.05, 3.63) is 66.0 Å². The van der Waals surface area contributed by atoms with Gasteiger partial charge in [0.2, 0.25) is 5.91 Å². The van der Waals surface area contributed by atoms with E-state index in [2.05, 4.69) is 29.8 Å². The molecule has 0 radical (unpaired) electrons. The van der Waals surface area contributed by atoms with Gasteiger partial charge in [0, 0.05) is 75.3 Å². The summed E-state index contributed by atoms with van der Waals surface area (Å²) in [5.41, 5.74) is 4.64. The van der Waals surface area contributed by atoms with E-state index in [1.165, 1.54) is 11.2 Å². The molecule has 2 aliphatic rings. The normalized spacial score (nSPS) is 17.5. The molecule has 0 aliphatic carbocycles. The van der Waals surface area contributed by atoms with E-state index in [1.807, 2.05) is 37.3 Å². The Morgan fingerprint density at radius 2 is 1.73 bits per heavy atom. The number of benzene rings is 1. The molecule has 1 N–H and O–H groups in total. The van der Waals surface area contributed by atoms with Gasteiger partial charge >= 0.3 is 12.4 Å². The first-order chi connectivity index (χ1) is 21.3. The van der Waals surface area contributed by atoms with E-state index in [-0.39, 0.29) is 32.2 Å². The number of fused-ring (bicyclic) bond motifs is 1. The zero-order valence-corrected chi connectivity index (χ0v) is 24.2. The minimum Gasteiger partial charge on any atom is -0.355 e. The van der Waals surface area contributed by atoms with Gasteiger partial charge in [-0.05, 0) is 36.8 Å².